The number of hydrogen-bond acceptors (Lipinski definition) is 3. The van der Waals surface area contributed by atoms with Crippen LogP contribution in [0.25, 0.3) is 11.3 Å². The summed E-state index contributed by atoms with van der Waals surface area (Å²) in [4.78, 5) is 4.66. The van der Waals surface area contributed by atoms with E-state index >= 15 is 0 Å². The number of nitrogens with one attached hydrogen (secondary N) is 1. The molecule has 3 nitrogen and oxygen atoms in total. The number of nitrogens with zero attached hydrogens (tertiary/aromatic N) is 2. The minimum atomic E-state index is 0.728. The van der Waals surface area contributed by atoms with E-state index in [2.05, 4.69) is 46.7 Å². The number of aromatic nitrogens is 2. The van der Waals surface area contributed by atoms with Crippen molar-refractivity contribution in [1.29, 1.82) is 0 Å². The fraction of sp³-hybridized carbons (Fsp3) is 0.400. The van der Waals surface area contributed by atoms with Gasteiger partial charge in [0.1, 0.15) is 0 Å². The molecule has 0 spiro atoms. The number of rotatable bonds is 5. The maximum absolute atomic E-state index is 4.66. The molecule has 1 fully saturated rings. The van der Waals surface area contributed by atoms with Gasteiger partial charge in [0, 0.05) is 34.9 Å². The lowest BCUT2D eigenvalue weighted by Crippen LogP contribution is -1.99. The van der Waals surface area contributed by atoms with Crippen molar-refractivity contribution in [2.45, 2.75) is 32.7 Å². The van der Waals surface area contributed by atoms with Crippen LogP contribution >= 0.6 is 11.3 Å². The highest BCUT2D eigenvalue weighted by atomic mass is 32.1. The molecule has 1 N–H and O–H groups in total. The van der Waals surface area contributed by atoms with Gasteiger partial charge in [-0.15, -0.1) is 17.9 Å². The van der Waals surface area contributed by atoms with Crippen LogP contribution in [0.3, 0.4) is 0 Å². The first-order chi connectivity index (χ1) is 9.20. The van der Waals surface area contributed by atoms with E-state index in [4.69, 9.17) is 0 Å². The molecule has 19 heavy (non-hydrogen) atoms. The summed E-state index contributed by atoms with van der Waals surface area (Å²) in [6.45, 7) is 8.86. The van der Waals surface area contributed by atoms with Gasteiger partial charge in [0.2, 0.25) is 0 Å². The van der Waals surface area contributed by atoms with Crippen LogP contribution in [0.1, 0.15) is 30.3 Å². The highest BCUT2D eigenvalue weighted by Gasteiger charge is 2.27. The van der Waals surface area contributed by atoms with Crippen LogP contribution in [0.15, 0.2) is 24.1 Å². The van der Waals surface area contributed by atoms with E-state index < -0.39 is 0 Å². The monoisotopic (exact) mass is 273 g/mol. The van der Waals surface area contributed by atoms with Gasteiger partial charge in [0.25, 0.3) is 0 Å². The van der Waals surface area contributed by atoms with Crippen molar-refractivity contribution >= 4 is 16.5 Å². The van der Waals surface area contributed by atoms with Crippen LogP contribution in [0.2, 0.25) is 0 Å². The number of anilines is 1. The summed E-state index contributed by atoms with van der Waals surface area (Å²) in [5.41, 5.74) is 5.05. The molecule has 2 aromatic rings. The van der Waals surface area contributed by atoms with Crippen molar-refractivity contribution in [3.05, 3.63) is 35.5 Å². The van der Waals surface area contributed by atoms with Gasteiger partial charge in [-0.1, -0.05) is 6.08 Å². The third-order valence-electron chi connectivity index (χ3n) is 3.57. The highest BCUT2D eigenvalue weighted by molar-refractivity contribution is 7.14. The van der Waals surface area contributed by atoms with E-state index in [-0.39, 0.29) is 0 Å². The molecule has 3 rings (SSSR count). The molecule has 0 aliphatic heterocycles. The molecule has 0 amide bonds. The summed E-state index contributed by atoms with van der Waals surface area (Å²) in [6, 6.07) is 2.99. The molecular formula is C15H19N3S. The van der Waals surface area contributed by atoms with E-state index in [9.17, 15) is 0 Å². The zero-order chi connectivity index (χ0) is 13.4. The van der Waals surface area contributed by atoms with Crippen molar-refractivity contribution in [3.8, 4) is 11.3 Å². The van der Waals surface area contributed by atoms with Crippen LogP contribution in [0.4, 0.5) is 5.13 Å². The van der Waals surface area contributed by atoms with Crippen LogP contribution in [-0.2, 0) is 0 Å². The molecule has 0 unspecified atom stereocenters. The molecular weight excluding hydrogens is 254 g/mol. The molecule has 4 heteroatoms. The number of thiazole rings is 1. The second kappa shape index (κ2) is 4.85. The Kier molecular flexibility index (Phi) is 3.19. The molecule has 1 aliphatic carbocycles. The lowest BCUT2D eigenvalue weighted by Gasteiger charge is -2.06. The average Bonchev–Trinajstić information content (AvgIpc) is 3.03. The van der Waals surface area contributed by atoms with Crippen LogP contribution < -0.4 is 5.32 Å². The standard InChI is InChI=1S/C15H19N3S/c1-4-7-16-15-17-14(9-19-15)13-8-10(2)18(11(13)3)12-5-6-12/h4,8-9,12H,1,5-7H2,2-3H3,(H,16,17). The van der Waals surface area contributed by atoms with Crippen molar-refractivity contribution in [3.63, 3.8) is 0 Å². The van der Waals surface area contributed by atoms with Crippen molar-refractivity contribution in [2.75, 3.05) is 11.9 Å². The van der Waals surface area contributed by atoms with Crippen LogP contribution in [0, 0.1) is 13.8 Å². The van der Waals surface area contributed by atoms with Gasteiger partial charge < -0.3 is 9.88 Å². The molecule has 0 saturated heterocycles. The molecule has 1 saturated carbocycles. The SMILES string of the molecule is C=CCNc1nc(-c2cc(C)n(C3CC3)c2C)cs1. The van der Waals surface area contributed by atoms with Crippen molar-refractivity contribution < 1.29 is 0 Å². The van der Waals surface area contributed by atoms with Gasteiger partial charge >= 0.3 is 0 Å². The van der Waals surface area contributed by atoms with Gasteiger partial charge in [0.05, 0.1) is 5.69 Å². The Morgan fingerprint density at radius 2 is 2.32 bits per heavy atom. The van der Waals surface area contributed by atoms with E-state index in [0.717, 1.165) is 23.4 Å². The molecule has 100 valence electrons. The van der Waals surface area contributed by atoms with Crippen LogP contribution in [0.5, 0.6) is 0 Å². The molecule has 0 atom stereocenters. The normalized spacial score (nSPS) is 14.6. The first-order valence-corrected chi connectivity index (χ1v) is 7.57. The summed E-state index contributed by atoms with van der Waals surface area (Å²) in [6.07, 6.45) is 4.48. The second-order valence-corrected chi connectivity index (χ2v) is 5.95. The zero-order valence-corrected chi connectivity index (χ0v) is 12.3. The largest absolute Gasteiger partial charge is 0.358 e. The Balaban J connectivity index is 1.91. The van der Waals surface area contributed by atoms with Crippen molar-refractivity contribution in [1.82, 2.24) is 9.55 Å². The molecule has 0 bridgehead atoms. The second-order valence-electron chi connectivity index (χ2n) is 5.09. The first-order valence-electron chi connectivity index (χ1n) is 6.70. The Morgan fingerprint density at radius 3 is 3.00 bits per heavy atom. The van der Waals surface area contributed by atoms with Crippen molar-refractivity contribution in [2.24, 2.45) is 0 Å². The van der Waals surface area contributed by atoms with E-state index in [1.54, 1.807) is 11.3 Å². The minimum Gasteiger partial charge on any atom is -0.358 e. The maximum atomic E-state index is 4.66. The Morgan fingerprint density at radius 1 is 1.53 bits per heavy atom. The summed E-state index contributed by atoms with van der Waals surface area (Å²) in [7, 11) is 0. The zero-order valence-electron chi connectivity index (χ0n) is 11.4. The quantitative estimate of drug-likeness (QED) is 0.829. The van der Waals surface area contributed by atoms with Gasteiger partial charge in [-0.2, -0.15) is 0 Å². The van der Waals surface area contributed by atoms with Gasteiger partial charge in [-0.25, -0.2) is 4.98 Å². The van der Waals surface area contributed by atoms with Gasteiger partial charge in [-0.3, -0.25) is 0 Å². The molecule has 2 aromatic heterocycles. The van der Waals surface area contributed by atoms with Gasteiger partial charge in [0.15, 0.2) is 5.13 Å². The van der Waals surface area contributed by atoms with E-state index in [0.29, 0.717) is 0 Å². The van der Waals surface area contributed by atoms with Crippen LogP contribution in [-0.4, -0.2) is 16.1 Å². The Hall–Kier alpha value is -1.55. The van der Waals surface area contributed by atoms with Gasteiger partial charge in [-0.05, 0) is 32.8 Å². The third-order valence-corrected chi connectivity index (χ3v) is 4.37. The Bertz CT molecular complexity index is 605. The molecule has 1 aliphatic rings. The topological polar surface area (TPSA) is 29.9 Å². The smallest absolute Gasteiger partial charge is 0.183 e. The minimum absolute atomic E-state index is 0.728. The summed E-state index contributed by atoms with van der Waals surface area (Å²) < 4.78 is 2.46. The van der Waals surface area contributed by atoms with E-state index in [1.807, 2.05) is 6.08 Å². The average molecular weight is 273 g/mol. The van der Waals surface area contributed by atoms with E-state index in [1.165, 1.54) is 29.8 Å². The fourth-order valence-corrected chi connectivity index (χ4v) is 3.29. The number of aryl methyl sites for hydroxylation is 1. The fourth-order valence-electron chi connectivity index (χ4n) is 2.57. The lowest BCUT2D eigenvalue weighted by atomic mass is 10.2. The first kappa shape index (κ1) is 12.5. The molecule has 0 aromatic carbocycles. The summed E-state index contributed by atoms with van der Waals surface area (Å²) >= 11 is 1.65. The lowest BCUT2D eigenvalue weighted by molar-refractivity contribution is 0.700. The predicted molar refractivity (Wildman–Crippen MR) is 82.0 cm³/mol. The molecule has 2 heterocycles. The molecule has 0 radical (unpaired) electrons. The highest BCUT2D eigenvalue weighted by Crippen LogP contribution is 2.40. The summed E-state index contributed by atoms with van der Waals surface area (Å²) in [5.74, 6) is 0. The maximum Gasteiger partial charge on any atom is 0.183 e. The predicted octanol–water partition coefficient (Wildman–Crippen LogP) is 4.16. The third kappa shape index (κ3) is 2.32. The summed E-state index contributed by atoms with van der Waals surface area (Å²) in [5, 5.41) is 6.34. The number of hydrogen-bond donors (Lipinski definition) is 1. The Labute approximate surface area is 118 Å².